The van der Waals surface area contributed by atoms with Gasteiger partial charge in [0.25, 0.3) is 5.69 Å². The molecular weight excluding hydrogens is 278 g/mol. The Balaban J connectivity index is 2.27. The fourth-order valence-corrected chi connectivity index (χ4v) is 1.91. The Morgan fingerprint density at radius 1 is 1.48 bits per heavy atom. The second kappa shape index (κ2) is 5.96. The zero-order valence-corrected chi connectivity index (χ0v) is 11.8. The van der Waals surface area contributed by atoms with Gasteiger partial charge in [-0.25, -0.2) is 0 Å². The van der Waals surface area contributed by atoms with E-state index >= 15 is 0 Å². The number of hydrogen-bond donors (Lipinski definition) is 2. The molecule has 2 atom stereocenters. The van der Waals surface area contributed by atoms with E-state index in [1.165, 1.54) is 12.1 Å². The van der Waals surface area contributed by atoms with Crippen LogP contribution in [0.3, 0.4) is 0 Å². The summed E-state index contributed by atoms with van der Waals surface area (Å²) in [4.78, 5) is 22.6. The third-order valence-electron chi connectivity index (χ3n) is 3.51. The molecule has 0 aromatic heterocycles. The first-order chi connectivity index (χ1) is 9.93. The van der Waals surface area contributed by atoms with Gasteiger partial charge in [0.05, 0.1) is 17.0 Å². The Labute approximate surface area is 121 Å². The SMILES string of the molecule is CCC(C)[C@H](N)C(=O)Nc1cc2c(cc1[N+](=O)[O-])OCO2. The zero-order chi connectivity index (χ0) is 15.6. The van der Waals surface area contributed by atoms with Gasteiger partial charge in [-0.05, 0) is 5.92 Å². The van der Waals surface area contributed by atoms with Gasteiger partial charge in [-0.15, -0.1) is 0 Å². The van der Waals surface area contributed by atoms with Gasteiger partial charge in [0, 0.05) is 6.07 Å². The molecule has 0 aliphatic carbocycles. The van der Waals surface area contributed by atoms with Crippen LogP contribution in [0.4, 0.5) is 11.4 Å². The highest BCUT2D eigenvalue weighted by molar-refractivity contribution is 5.97. The van der Waals surface area contributed by atoms with Crippen LogP contribution in [0, 0.1) is 16.0 Å². The molecule has 3 N–H and O–H groups in total. The Morgan fingerprint density at radius 3 is 2.67 bits per heavy atom. The number of nitro benzene ring substituents is 1. The highest BCUT2D eigenvalue weighted by Gasteiger charge is 2.27. The van der Waals surface area contributed by atoms with Crippen molar-refractivity contribution in [3.63, 3.8) is 0 Å². The number of nitrogens with zero attached hydrogens (tertiary/aromatic N) is 1. The van der Waals surface area contributed by atoms with Crippen LogP contribution in [0.5, 0.6) is 11.5 Å². The predicted octanol–water partition coefficient (Wildman–Crippen LogP) is 1.64. The van der Waals surface area contributed by atoms with Gasteiger partial charge in [-0.2, -0.15) is 0 Å². The number of benzene rings is 1. The Morgan fingerprint density at radius 2 is 2.10 bits per heavy atom. The van der Waals surface area contributed by atoms with Crippen LogP contribution < -0.4 is 20.5 Å². The molecule has 1 aromatic rings. The Bertz CT molecular complexity index is 575. The summed E-state index contributed by atoms with van der Waals surface area (Å²) in [6.07, 6.45) is 0.734. The van der Waals surface area contributed by atoms with Gasteiger partial charge in [0.2, 0.25) is 12.7 Å². The lowest BCUT2D eigenvalue weighted by molar-refractivity contribution is -0.384. The number of amides is 1. The van der Waals surface area contributed by atoms with E-state index in [0.29, 0.717) is 5.75 Å². The van der Waals surface area contributed by atoms with Crippen molar-refractivity contribution >= 4 is 17.3 Å². The third kappa shape index (κ3) is 3.05. The second-order valence-electron chi connectivity index (χ2n) is 4.88. The fraction of sp³-hybridized carbons (Fsp3) is 0.462. The molecule has 0 bridgehead atoms. The molecule has 8 heteroatoms. The van der Waals surface area contributed by atoms with Gasteiger partial charge in [0.1, 0.15) is 5.69 Å². The third-order valence-corrected chi connectivity index (χ3v) is 3.51. The highest BCUT2D eigenvalue weighted by atomic mass is 16.7. The molecule has 1 aromatic carbocycles. The molecule has 0 fully saturated rings. The summed E-state index contributed by atoms with van der Waals surface area (Å²) in [5.74, 6) is 0.142. The maximum atomic E-state index is 12.1. The number of ether oxygens (including phenoxy) is 2. The molecule has 2 rings (SSSR count). The van der Waals surface area contributed by atoms with Gasteiger partial charge in [-0.3, -0.25) is 14.9 Å². The van der Waals surface area contributed by atoms with Crippen LogP contribution in [0.15, 0.2) is 12.1 Å². The maximum Gasteiger partial charge on any atom is 0.296 e. The van der Waals surface area contributed by atoms with Crippen molar-refractivity contribution in [1.29, 1.82) is 0 Å². The number of carbonyl (C=O) groups is 1. The molecular formula is C13H17N3O5. The first-order valence-corrected chi connectivity index (χ1v) is 6.58. The van der Waals surface area contributed by atoms with Crippen molar-refractivity contribution < 1.29 is 19.2 Å². The van der Waals surface area contributed by atoms with E-state index in [-0.39, 0.29) is 29.8 Å². The molecule has 0 saturated heterocycles. The summed E-state index contributed by atoms with van der Waals surface area (Å²) >= 11 is 0. The summed E-state index contributed by atoms with van der Waals surface area (Å²) in [6, 6.07) is 1.87. The van der Waals surface area contributed by atoms with Crippen molar-refractivity contribution in [3.05, 3.63) is 22.2 Å². The topological polar surface area (TPSA) is 117 Å². The fourth-order valence-electron chi connectivity index (χ4n) is 1.91. The van der Waals surface area contributed by atoms with E-state index < -0.39 is 16.9 Å². The molecule has 0 radical (unpaired) electrons. The average Bonchev–Trinajstić information content (AvgIpc) is 2.91. The summed E-state index contributed by atoms with van der Waals surface area (Å²) in [7, 11) is 0. The van der Waals surface area contributed by atoms with E-state index in [0.717, 1.165) is 6.42 Å². The normalized spacial score (nSPS) is 15.4. The summed E-state index contributed by atoms with van der Waals surface area (Å²) in [5.41, 5.74) is 5.61. The lowest BCUT2D eigenvalue weighted by Gasteiger charge is -2.17. The molecule has 1 heterocycles. The molecule has 0 spiro atoms. The maximum absolute atomic E-state index is 12.1. The predicted molar refractivity (Wildman–Crippen MR) is 75.3 cm³/mol. The lowest BCUT2D eigenvalue weighted by Crippen LogP contribution is -2.40. The molecule has 1 amide bonds. The summed E-state index contributed by atoms with van der Waals surface area (Å²) < 4.78 is 10.2. The summed E-state index contributed by atoms with van der Waals surface area (Å²) in [6.45, 7) is 3.76. The van der Waals surface area contributed by atoms with Crippen molar-refractivity contribution in [1.82, 2.24) is 0 Å². The van der Waals surface area contributed by atoms with Crippen LogP contribution in [-0.2, 0) is 4.79 Å². The second-order valence-corrected chi connectivity index (χ2v) is 4.88. The average molecular weight is 295 g/mol. The number of anilines is 1. The number of carbonyl (C=O) groups excluding carboxylic acids is 1. The van der Waals surface area contributed by atoms with Gasteiger partial charge in [-0.1, -0.05) is 20.3 Å². The molecule has 114 valence electrons. The van der Waals surface area contributed by atoms with Crippen LogP contribution in [0.2, 0.25) is 0 Å². The number of nitro groups is 1. The van der Waals surface area contributed by atoms with Gasteiger partial charge < -0.3 is 20.5 Å². The number of fused-ring (bicyclic) bond motifs is 1. The molecule has 1 aliphatic rings. The summed E-state index contributed by atoms with van der Waals surface area (Å²) in [5, 5.41) is 13.6. The first-order valence-electron chi connectivity index (χ1n) is 6.58. The zero-order valence-electron chi connectivity index (χ0n) is 11.8. The minimum absolute atomic E-state index is 0.00370. The highest BCUT2D eigenvalue weighted by Crippen LogP contribution is 2.40. The van der Waals surface area contributed by atoms with E-state index in [2.05, 4.69) is 5.32 Å². The van der Waals surface area contributed by atoms with Crippen molar-refractivity contribution in [3.8, 4) is 11.5 Å². The monoisotopic (exact) mass is 295 g/mol. The van der Waals surface area contributed by atoms with Crippen molar-refractivity contribution in [2.45, 2.75) is 26.3 Å². The lowest BCUT2D eigenvalue weighted by atomic mass is 9.99. The first kappa shape index (κ1) is 15.0. The van der Waals surface area contributed by atoms with Crippen LogP contribution >= 0.6 is 0 Å². The Hall–Kier alpha value is -2.35. The van der Waals surface area contributed by atoms with Crippen LogP contribution in [0.1, 0.15) is 20.3 Å². The van der Waals surface area contributed by atoms with Gasteiger partial charge in [0.15, 0.2) is 11.5 Å². The van der Waals surface area contributed by atoms with Crippen LogP contribution in [-0.4, -0.2) is 23.7 Å². The largest absolute Gasteiger partial charge is 0.454 e. The number of rotatable bonds is 5. The van der Waals surface area contributed by atoms with Crippen LogP contribution in [0.25, 0.3) is 0 Å². The van der Waals surface area contributed by atoms with E-state index in [1.807, 2.05) is 13.8 Å². The van der Waals surface area contributed by atoms with E-state index in [9.17, 15) is 14.9 Å². The van der Waals surface area contributed by atoms with Crippen molar-refractivity contribution in [2.75, 3.05) is 12.1 Å². The Kier molecular flexibility index (Phi) is 4.27. The number of nitrogens with one attached hydrogen (secondary N) is 1. The molecule has 0 saturated carbocycles. The van der Waals surface area contributed by atoms with Crippen molar-refractivity contribution in [2.24, 2.45) is 11.7 Å². The van der Waals surface area contributed by atoms with E-state index in [1.54, 1.807) is 0 Å². The molecule has 21 heavy (non-hydrogen) atoms. The smallest absolute Gasteiger partial charge is 0.296 e. The van der Waals surface area contributed by atoms with E-state index in [4.69, 9.17) is 15.2 Å². The molecule has 1 unspecified atom stereocenters. The quantitative estimate of drug-likeness (QED) is 0.630. The minimum atomic E-state index is -0.736. The minimum Gasteiger partial charge on any atom is -0.454 e. The molecule has 1 aliphatic heterocycles. The molecule has 8 nitrogen and oxygen atoms in total. The number of hydrogen-bond acceptors (Lipinski definition) is 6. The van der Waals surface area contributed by atoms with Gasteiger partial charge >= 0.3 is 0 Å². The standard InChI is InChI=1S/C13H17N3O5/c1-3-7(2)12(14)13(17)15-8-4-10-11(21-6-20-10)5-9(8)16(18)19/h4-5,7,12H,3,6,14H2,1-2H3,(H,15,17)/t7?,12-/m0/s1. The number of nitrogens with two attached hydrogens (primary N) is 1.